The molecule has 1 saturated carbocycles. The number of anilines is 1. The van der Waals surface area contributed by atoms with Gasteiger partial charge in [0, 0.05) is 25.8 Å². The molecule has 1 aliphatic heterocycles. The zero-order chi connectivity index (χ0) is 14.5. The number of likely N-dealkylation sites (tertiary alicyclic amines) is 1. The van der Waals surface area contributed by atoms with Crippen LogP contribution in [0.2, 0.25) is 0 Å². The molecule has 1 atom stereocenters. The minimum absolute atomic E-state index is 0.181. The van der Waals surface area contributed by atoms with Gasteiger partial charge in [-0.2, -0.15) is 0 Å². The van der Waals surface area contributed by atoms with Crippen molar-refractivity contribution in [1.82, 2.24) is 15.2 Å². The first kappa shape index (κ1) is 14.3. The predicted molar refractivity (Wildman–Crippen MR) is 83.0 cm³/mol. The second-order valence-electron chi connectivity index (χ2n) is 6.23. The van der Waals surface area contributed by atoms with E-state index >= 15 is 0 Å². The molecule has 1 aromatic rings. The van der Waals surface area contributed by atoms with Gasteiger partial charge in [-0.3, -0.25) is 9.69 Å². The molecule has 2 heterocycles. The molecular formula is C16H24N4O. The summed E-state index contributed by atoms with van der Waals surface area (Å²) in [6.07, 6.45) is 5.51. The van der Waals surface area contributed by atoms with E-state index in [0.717, 1.165) is 44.3 Å². The number of hydrogen-bond donors (Lipinski definition) is 2. The number of aromatic nitrogens is 1. The monoisotopic (exact) mass is 288 g/mol. The van der Waals surface area contributed by atoms with Crippen molar-refractivity contribution in [3.8, 4) is 0 Å². The Labute approximate surface area is 126 Å². The fourth-order valence-corrected chi connectivity index (χ4v) is 2.78. The highest BCUT2D eigenvalue weighted by Crippen LogP contribution is 2.27. The third-order valence-electron chi connectivity index (χ3n) is 4.26. The molecule has 114 valence electrons. The van der Waals surface area contributed by atoms with Crippen LogP contribution in [-0.2, 0) is 4.79 Å². The number of carbonyl (C=O) groups excluding carboxylic acids is 1. The Bertz CT molecular complexity index is 461. The number of amides is 1. The molecule has 21 heavy (non-hydrogen) atoms. The molecule has 1 aromatic heterocycles. The molecule has 0 radical (unpaired) electrons. The molecular weight excluding hydrogens is 264 g/mol. The van der Waals surface area contributed by atoms with Gasteiger partial charge in [0.15, 0.2) is 0 Å². The topological polar surface area (TPSA) is 57.3 Å². The van der Waals surface area contributed by atoms with E-state index in [2.05, 4.69) is 20.5 Å². The average Bonchev–Trinajstić information content (AvgIpc) is 3.24. The Morgan fingerprint density at radius 2 is 2.14 bits per heavy atom. The van der Waals surface area contributed by atoms with Gasteiger partial charge in [-0.1, -0.05) is 6.07 Å². The zero-order valence-electron chi connectivity index (χ0n) is 12.4. The molecule has 1 amide bonds. The second kappa shape index (κ2) is 6.89. The molecule has 2 aliphatic rings. The third-order valence-corrected chi connectivity index (χ3v) is 4.26. The quantitative estimate of drug-likeness (QED) is 0.795. The summed E-state index contributed by atoms with van der Waals surface area (Å²) in [4.78, 5) is 18.4. The summed E-state index contributed by atoms with van der Waals surface area (Å²) in [5.41, 5.74) is 0. The van der Waals surface area contributed by atoms with Gasteiger partial charge in [0.25, 0.3) is 0 Å². The van der Waals surface area contributed by atoms with Crippen molar-refractivity contribution in [2.75, 3.05) is 38.0 Å². The van der Waals surface area contributed by atoms with Gasteiger partial charge in [0.2, 0.25) is 5.91 Å². The van der Waals surface area contributed by atoms with Gasteiger partial charge >= 0.3 is 0 Å². The summed E-state index contributed by atoms with van der Waals surface area (Å²) in [7, 11) is 0. The van der Waals surface area contributed by atoms with Gasteiger partial charge in [0.1, 0.15) is 5.82 Å². The van der Waals surface area contributed by atoms with Crippen molar-refractivity contribution in [1.29, 1.82) is 0 Å². The van der Waals surface area contributed by atoms with Crippen LogP contribution in [0.5, 0.6) is 0 Å². The molecule has 0 aromatic carbocycles. The van der Waals surface area contributed by atoms with Crippen molar-refractivity contribution in [2.24, 2.45) is 11.8 Å². The lowest BCUT2D eigenvalue weighted by atomic mass is 10.1. The maximum absolute atomic E-state index is 11.8. The Morgan fingerprint density at radius 1 is 1.24 bits per heavy atom. The van der Waals surface area contributed by atoms with E-state index in [-0.39, 0.29) is 5.91 Å². The molecule has 1 aliphatic carbocycles. The first-order chi connectivity index (χ1) is 10.3. The van der Waals surface area contributed by atoms with Crippen LogP contribution < -0.4 is 10.6 Å². The van der Waals surface area contributed by atoms with Crippen molar-refractivity contribution in [3.05, 3.63) is 24.4 Å². The Balaban J connectivity index is 1.33. The van der Waals surface area contributed by atoms with E-state index in [4.69, 9.17) is 0 Å². The van der Waals surface area contributed by atoms with Crippen LogP contribution >= 0.6 is 0 Å². The van der Waals surface area contributed by atoms with Crippen LogP contribution in [0.4, 0.5) is 5.82 Å². The minimum Gasteiger partial charge on any atom is -0.370 e. The molecule has 0 bridgehead atoms. The molecule has 3 rings (SSSR count). The van der Waals surface area contributed by atoms with E-state index < -0.39 is 0 Å². The highest BCUT2D eigenvalue weighted by molar-refractivity contribution is 5.78. The molecule has 5 nitrogen and oxygen atoms in total. The summed E-state index contributed by atoms with van der Waals surface area (Å²) in [5, 5.41) is 6.41. The smallest absolute Gasteiger partial charge is 0.234 e. The van der Waals surface area contributed by atoms with E-state index in [0.29, 0.717) is 12.5 Å². The zero-order valence-corrected chi connectivity index (χ0v) is 12.4. The molecule has 2 fully saturated rings. The summed E-state index contributed by atoms with van der Waals surface area (Å²) in [6.45, 7) is 4.36. The fourth-order valence-electron chi connectivity index (χ4n) is 2.78. The van der Waals surface area contributed by atoms with Crippen LogP contribution in [0.15, 0.2) is 24.4 Å². The van der Waals surface area contributed by atoms with Crippen LogP contribution in [0, 0.1) is 11.8 Å². The number of hydrogen-bond acceptors (Lipinski definition) is 4. The van der Waals surface area contributed by atoms with Crippen molar-refractivity contribution in [3.63, 3.8) is 0 Å². The van der Waals surface area contributed by atoms with E-state index in [1.54, 1.807) is 6.20 Å². The van der Waals surface area contributed by atoms with Gasteiger partial charge in [0.05, 0.1) is 6.54 Å². The number of rotatable bonds is 7. The first-order valence-corrected chi connectivity index (χ1v) is 7.93. The molecule has 5 heteroatoms. The Kier molecular flexibility index (Phi) is 4.70. The number of pyridine rings is 1. The maximum Gasteiger partial charge on any atom is 0.234 e. The largest absolute Gasteiger partial charge is 0.370 e. The van der Waals surface area contributed by atoms with E-state index in [9.17, 15) is 4.79 Å². The molecule has 2 N–H and O–H groups in total. The fraction of sp³-hybridized carbons (Fsp3) is 0.625. The van der Waals surface area contributed by atoms with Crippen LogP contribution in [0.1, 0.15) is 19.3 Å². The summed E-state index contributed by atoms with van der Waals surface area (Å²) < 4.78 is 0. The highest BCUT2D eigenvalue weighted by Gasteiger charge is 2.25. The lowest BCUT2D eigenvalue weighted by Crippen LogP contribution is -2.37. The molecule has 0 spiro atoms. The van der Waals surface area contributed by atoms with Crippen molar-refractivity contribution < 1.29 is 4.79 Å². The summed E-state index contributed by atoms with van der Waals surface area (Å²) in [6, 6.07) is 5.89. The van der Waals surface area contributed by atoms with Gasteiger partial charge < -0.3 is 10.6 Å². The van der Waals surface area contributed by atoms with Crippen LogP contribution in [0.3, 0.4) is 0 Å². The third kappa shape index (κ3) is 4.70. The first-order valence-electron chi connectivity index (χ1n) is 7.93. The predicted octanol–water partition coefficient (Wildman–Crippen LogP) is 1.34. The van der Waals surface area contributed by atoms with Crippen LogP contribution in [0.25, 0.3) is 0 Å². The summed E-state index contributed by atoms with van der Waals surface area (Å²) >= 11 is 0. The maximum atomic E-state index is 11.8. The summed E-state index contributed by atoms with van der Waals surface area (Å²) in [5.74, 6) is 2.46. The molecule has 1 saturated heterocycles. The van der Waals surface area contributed by atoms with Gasteiger partial charge in [-0.05, 0) is 49.8 Å². The van der Waals surface area contributed by atoms with Crippen LogP contribution in [-0.4, -0.2) is 48.5 Å². The number of nitrogens with zero attached hydrogens (tertiary/aromatic N) is 2. The Morgan fingerprint density at radius 3 is 2.90 bits per heavy atom. The van der Waals surface area contributed by atoms with E-state index in [1.165, 1.54) is 12.8 Å². The highest BCUT2D eigenvalue weighted by atomic mass is 16.2. The SMILES string of the molecule is O=C(CN1CC[C@H](CNc2ccccn2)C1)NCC1CC1. The lowest BCUT2D eigenvalue weighted by molar-refractivity contribution is -0.122. The van der Waals surface area contributed by atoms with Gasteiger partial charge in [-0.25, -0.2) is 4.98 Å². The average molecular weight is 288 g/mol. The van der Waals surface area contributed by atoms with Crippen molar-refractivity contribution >= 4 is 11.7 Å². The normalized spacial score (nSPS) is 22.2. The number of carbonyl (C=O) groups is 1. The second-order valence-corrected chi connectivity index (χ2v) is 6.23. The standard InChI is InChI=1S/C16H24N4O/c21-16(19-9-13-4-5-13)12-20-8-6-14(11-20)10-18-15-3-1-2-7-17-15/h1-3,7,13-14H,4-6,8-12H2,(H,17,18)(H,19,21)/t14-/m1/s1. The van der Waals surface area contributed by atoms with Gasteiger partial charge in [-0.15, -0.1) is 0 Å². The van der Waals surface area contributed by atoms with Crippen molar-refractivity contribution in [2.45, 2.75) is 19.3 Å². The lowest BCUT2D eigenvalue weighted by Gasteiger charge is -2.16. The minimum atomic E-state index is 0.181. The number of nitrogens with one attached hydrogen (secondary N) is 2. The molecule has 0 unspecified atom stereocenters. The van der Waals surface area contributed by atoms with E-state index in [1.807, 2.05) is 18.2 Å². The Hall–Kier alpha value is -1.62.